The van der Waals surface area contributed by atoms with Gasteiger partial charge in [-0.2, -0.15) is 0 Å². The molecule has 1 heterocycles. The minimum atomic E-state index is -0.607. The van der Waals surface area contributed by atoms with E-state index in [9.17, 15) is 9.90 Å². The SMILES string of the molecule is CC1CCCC2(CNCC2C(=O)O)C1. The van der Waals surface area contributed by atoms with Crippen molar-refractivity contribution in [2.75, 3.05) is 13.1 Å². The van der Waals surface area contributed by atoms with Crippen LogP contribution in [0.15, 0.2) is 0 Å². The van der Waals surface area contributed by atoms with Gasteiger partial charge in [-0.25, -0.2) is 0 Å². The van der Waals surface area contributed by atoms with Crippen molar-refractivity contribution >= 4 is 5.97 Å². The highest BCUT2D eigenvalue weighted by Crippen LogP contribution is 2.46. The minimum absolute atomic E-state index is 0.0729. The zero-order chi connectivity index (χ0) is 10.2. The number of nitrogens with one attached hydrogen (secondary N) is 1. The molecule has 3 nitrogen and oxygen atoms in total. The van der Waals surface area contributed by atoms with Gasteiger partial charge < -0.3 is 10.4 Å². The Labute approximate surface area is 84.9 Å². The summed E-state index contributed by atoms with van der Waals surface area (Å²) in [6.07, 6.45) is 4.67. The van der Waals surface area contributed by atoms with Gasteiger partial charge in [-0.15, -0.1) is 0 Å². The lowest BCUT2D eigenvalue weighted by Crippen LogP contribution is -2.38. The molecule has 3 unspecified atom stereocenters. The average molecular weight is 197 g/mol. The maximum absolute atomic E-state index is 11.1. The van der Waals surface area contributed by atoms with Crippen molar-refractivity contribution in [3.8, 4) is 0 Å². The summed E-state index contributed by atoms with van der Waals surface area (Å²) < 4.78 is 0. The Hall–Kier alpha value is -0.570. The Bertz CT molecular complexity index is 241. The van der Waals surface area contributed by atoms with Crippen LogP contribution in [0.25, 0.3) is 0 Å². The molecule has 1 aliphatic heterocycles. The monoisotopic (exact) mass is 197 g/mol. The molecule has 2 rings (SSSR count). The smallest absolute Gasteiger partial charge is 0.308 e. The molecule has 1 saturated carbocycles. The van der Waals surface area contributed by atoms with Gasteiger partial charge in [0.15, 0.2) is 0 Å². The molecule has 80 valence electrons. The van der Waals surface area contributed by atoms with Crippen LogP contribution in [-0.4, -0.2) is 24.2 Å². The first kappa shape index (κ1) is 9.97. The van der Waals surface area contributed by atoms with Gasteiger partial charge in [-0.3, -0.25) is 4.79 Å². The Morgan fingerprint density at radius 3 is 3.00 bits per heavy atom. The molecule has 14 heavy (non-hydrogen) atoms. The Morgan fingerprint density at radius 1 is 1.57 bits per heavy atom. The number of aliphatic carboxylic acids is 1. The van der Waals surface area contributed by atoms with Gasteiger partial charge in [0, 0.05) is 13.1 Å². The fourth-order valence-electron chi connectivity index (χ4n) is 3.33. The predicted molar refractivity (Wildman–Crippen MR) is 54.1 cm³/mol. The standard InChI is InChI=1S/C11H19NO2/c1-8-3-2-4-11(5-8)7-12-6-9(11)10(13)14/h8-9,12H,2-7H2,1H3,(H,13,14). The largest absolute Gasteiger partial charge is 0.481 e. The molecule has 0 aromatic carbocycles. The third-order valence-electron chi connectivity index (χ3n) is 3.99. The second-order valence-electron chi connectivity index (χ2n) is 5.09. The third kappa shape index (κ3) is 1.54. The van der Waals surface area contributed by atoms with E-state index in [1.54, 1.807) is 0 Å². The molecule has 2 aliphatic rings. The highest BCUT2D eigenvalue weighted by Gasteiger charge is 2.48. The van der Waals surface area contributed by atoms with Gasteiger partial charge in [0.1, 0.15) is 0 Å². The summed E-state index contributed by atoms with van der Waals surface area (Å²) in [4.78, 5) is 11.1. The fourth-order valence-corrected chi connectivity index (χ4v) is 3.33. The molecule has 0 aromatic rings. The van der Waals surface area contributed by atoms with E-state index >= 15 is 0 Å². The van der Waals surface area contributed by atoms with Crippen LogP contribution in [0.5, 0.6) is 0 Å². The van der Waals surface area contributed by atoms with Gasteiger partial charge >= 0.3 is 5.97 Å². The number of hydrogen-bond acceptors (Lipinski definition) is 2. The summed E-state index contributed by atoms with van der Waals surface area (Å²) in [5.41, 5.74) is 0.0729. The molecular formula is C11H19NO2. The number of rotatable bonds is 1. The Balaban J connectivity index is 2.16. The lowest BCUT2D eigenvalue weighted by atomic mass is 9.65. The van der Waals surface area contributed by atoms with Gasteiger partial charge in [-0.05, 0) is 24.2 Å². The average Bonchev–Trinajstić information content (AvgIpc) is 2.48. The highest BCUT2D eigenvalue weighted by molar-refractivity contribution is 5.72. The third-order valence-corrected chi connectivity index (χ3v) is 3.99. The van der Waals surface area contributed by atoms with Crippen LogP contribution in [0.1, 0.15) is 32.6 Å². The van der Waals surface area contributed by atoms with Crippen molar-refractivity contribution in [3.05, 3.63) is 0 Å². The van der Waals surface area contributed by atoms with Gasteiger partial charge in [0.05, 0.1) is 5.92 Å². The van der Waals surface area contributed by atoms with E-state index in [1.165, 1.54) is 12.8 Å². The van der Waals surface area contributed by atoms with Gasteiger partial charge in [0.25, 0.3) is 0 Å². The van der Waals surface area contributed by atoms with Crippen molar-refractivity contribution in [2.24, 2.45) is 17.3 Å². The molecule has 0 radical (unpaired) electrons. The number of carboxylic acid groups (broad SMARTS) is 1. The molecule has 3 atom stereocenters. The van der Waals surface area contributed by atoms with E-state index in [4.69, 9.17) is 0 Å². The molecular weight excluding hydrogens is 178 g/mol. The van der Waals surface area contributed by atoms with Gasteiger partial charge in [0.2, 0.25) is 0 Å². The summed E-state index contributed by atoms with van der Waals surface area (Å²) in [5, 5.41) is 12.4. The van der Waals surface area contributed by atoms with Crippen molar-refractivity contribution in [3.63, 3.8) is 0 Å². The molecule has 2 fully saturated rings. The highest BCUT2D eigenvalue weighted by atomic mass is 16.4. The van der Waals surface area contributed by atoms with E-state index in [0.29, 0.717) is 12.5 Å². The van der Waals surface area contributed by atoms with Crippen LogP contribution in [0.4, 0.5) is 0 Å². The van der Waals surface area contributed by atoms with Crippen LogP contribution in [0, 0.1) is 17.3 Å². The molecule has 0 amide bonds. The van der Waals surface area contributed by atoms with Crippen LogP contribution < -0.4 is 5.32 Å². The van der Waals surface area contributed by atoms with E-state index < -0.39 is 5.97 Å². The van der Waals surface area contributed by atoms with Crippen LogP contribution in [0.3, 0.4) is 0 Å². The fraction of sp³-hybridized carbons (Fsp3) is 0.909. The summed E-state index contributed by atoms with van der Waals surface area (Å²) >= 11 is 0. The lowest BCUT2D eigenvalue weighted by Gasteiger charge is -2.39. The summed E-state index contributed by atoms with van der Waals surface area (Å²) in [6, 6.07) is 0. The Morgan fingerprint density at radius 2 is 2.36 bits per heavy atom. The Kier molecular flexibility index (Phi) is 2.52. The second-order valence-corrected chi connectivity index (χ2v) is 5.09. The molecule has 1 spiro atoms. The van der Waals surface area contributed by atoms with Gasteiger partial charge in [-0.1, -0.05) is 19.8 Å². The zero-order valence-corrected chi connectivity index (χ0v) is 8.75. The first-order valence-electron chi connectivity index (χ1n) is 5.57. The molecule has 0 bridgehead atoms. The number of hydrogen-bond donors (Lipinski definition) is 2. The first-order valence-corrected chi connectivity index (χ1v) is 5.57. The lowest BCUT2D eigenvalue weighted by molar-refractivity contribution is -0.145. The maximum atomic E-state index is 11.1. The van der Waals surface area contributed by atoms with Crippen molar-refractivity contribution in [2.45, 2.75) is 32.6 Å². The minimum Gasteiger partial charge on any atom is -0.481 e. The van der Waals surface area contributed by atoms with E-state index in [-0.39, 0.29) is 11.3 Å². The van der Waals surface area contributed by atoms with Crippen LogP contribution in [0.2, 0.25) is 0 Å². The molecule has 1 saturated heterocycles. The van der Waals surface area contributed by atoms with Crippen molar-refractivity contribution in [1.82, 2.24) is 5.32 Å². The van der Waals surface area contributed by atoms with Crippen molar-refractivity contribution in [1.29, 1.82) is 0 Å². The van der Waals surface area contributed by atoms with E-state index in [0.717, 1.165) is 19.4 Å². The zero-order valence-electron chi connectivity index (χ0n) is 8.75. The summed E-state index contributed by atoms with van der Waals surface area (Å²) in [6.45, 7) is 3.83. The molecule has 3 heteroatoms. The normalized spacial score (nSPS) is 42.9. The second kappa shape index (κ2) is 3.54. The van der Waals surface area contributed by atoms with E-state index in [2.05, 4.69) is 12.2 Å². The molecule has 0 aromatic heterocycles. The first-order chi connectivity index (χ1) is 6.64. The summed E-state index contributed by atoms with van der Waals surface area (Å²) in [7, 11) is 0. The molecule has 1 aliphatic carbocycles. The van der Waals surface area contributed by atoms with E-state index in [1.807, 2.05) is 0 Å². The number of carbonyl (C=O) groups is 1. The predicted octanol–water partition coefficient (Wildman–Crippen LogP) is 1.49. The van der Waals surface area contributed by atoms with Crippen LogP contribution >= 0.6 is 0 Å². The quantitative estimate of drug-likeness (QED) is 0.669. The molecule has 2 N–H and O–H groups in total. The van der Waals surface area contributed by atoms with Crippen LogP contribution in [-0.2, 0) is 4.79 Å². The number of carboxylic acids is 1. The summed E-state index contributed by atoms with van der Waals surface area (Å²) in [5.74, 6) is -0.0557. The van der Waals surface area contributed by atoms with Crippen molar-refractivity contribution < 1.29 is 9.90 Å². The topological polar surface area (TPSA) is 49.3 Å². The maximum Gasteiger partial charge on any atom is 0.308 e.